The summed E-state index contributed by atoms with van der Waals surface area (Å²) in [7, 11) is 0. The molecule has 3 heteroatoms. The summed E-state index contributed by atoms with van der Waals surface area (Å²) in [6, 6.07) is 3.80. The number of rotatable bonds is 2. The molecule has 0 fully saturated rings. The average Bonchev–Trinajstić information content (AvgIpc) is 2.25. The number of hydrogen-bond donors (Lipinski definition) is 2. The maximum absolute atomic E-state index is 9.97. The molecule has 3 nitrogen and oxygen atoms in total. The van der Waals surface area contributed by atoms with Crippen molar-refractivity contribution in [2.45, 2.75) is 45.7 Å². The lowest BCUT2D eigenvalue weighted by Crippen LogP contribution is -2.35. The molecular weight excluding hydrogens is 214 g/mol. The Morgan fingerprint density at radius 1 is 1.35 bits per heavy atom. The fourth-order valence-corrected chi connectivity index (χ4v) is 1.93. The zero-order valence-corrected chi connectivity index (χ0v) is 10.8. The second-order valence-corrected chi connectivity index (χ2v) is 5.64. The molecule has 0 atom stereocenters. The molecule has 1 aliphatic rings. The summed E-state index contributed by atoms with van der Waals surface area (Å²) in [4.78, 5) is 0. The highest BCUT2D eigenvalue weighted by atomic mass is 16.5. The van der Waals surface area contributed by atoms with Gasteiger partial charge in [0.2, 0.25) is 0 Å². The van der Waals surface area contributed by atoms with E-state index in [1.807, 2.05) is 12.1 Å². The molecule has 2 N–H and O–H groups in total. The highest BCUT2D eigenvalue weighted by Gasteiger charge is 2.15. The molecule has 1 aromatic carbocycles. The van der Waals surface area contributed by atoms with E-state index in [9.17, 15) is 5.11 Å². The van der Waals surface area contributed by atoms with Gasteiger partial charge in [-0.3, -0.25) is 0 Å². The van der Waals surface area contributed by atoms with Gasteiger partial charge in [0.05, 0.1) is 6.61 Å². The van der Waals surface area contributed by atoms with Gasteiger partial charge in [-0.2, -0.15) is 0 Å². The van der Waals surface area contributed by atoms with E-state index >= 15 is 0 Å². The van der Waals surface area contributed by atoms with E-state index in [1.165, 1.54) is 0 Å². The lowest BCUT2D eigenvalue weighted by atomic mass is 10.0. The van der Waals surface area contributed by atoms with Gasteiger partial charge in [0.25, 0.3) is 0 Å². The summed E-state index contributed by atoms with van der Waals surface area (Å²) < 4.78 is 5.61. The molecular formula is C14H21NO2. The van der Waals surface area contributed by atoms with Crippen molar-refractivity contribution in [2.24, 2.45) is 0 Å². The van der Waals surface area contributed by atoms with Gasteiger partial charge in [-0.15, -0.1) is 0 Å². The number of fused-ring (bicyclic) bond motifs is 1. The molecule has 2 rings (SSSR count). The highest BCUT2D eigenvalue weighted by molar-refractivity contribution is 5.46. The molecule has 1 aliphatic heterocycles. The number of phenols is 1. The van der Waals surface area contributed by atoms with Crippen molar-refractivity contribution in [3.63, 3.8) is 0 Å². The van der Waals surface area contributed by atoms with Crippen molar-refractivity contribution in [2.75, 3.05) is 6.61 Å². The van der Waals surface area contributed by atoms with E-state index in [0.29, 0.717) is 12.3 Å². The predicted molar refractivity (Wildman–Crippen MR) is 68.5 cm³/mol. The Balaban J connectivity index is 2.17. The van der Waals surface area contributed by atoms with Gasteiger partial charge in [-0.1, -0.05) is 0 Å². The van der Waals surface area contributed by atoms with Crippen LogP contribution in [0.15, 0.2) is 12.1 Å². The third kappa shape index (κ3) is 3.13. The van der Waals surface area contributed by atoms with E-state index in [0.717, 1.165) is 36.3 Å². The van der Waals surface area contributed by atoms with Crippen LogP contribution in [0.5, 0.6) is 11.5 Å². The zero-order valence-electron chi connectivity index (χ0n) is 10.8. The number of benzene rings is 1. The van der Waals surface area contributed by atoms with Gasteiger partial charge < -0.3 is 15.2 Å². The second kappa shape index (κ2) is 4.57. The van der Waals surface area contributed by atoms with Gasteiger partial charge in [0.15, 0.2) is 0 Å². The van der Waals surface area contributed by atoms with Gasteiger partial charge in [-0.05, 0) is 51.3 Å². The van der Waals surface area contributed by atoms with Crippen molar-refractivity contribution in [1.82, 2.24) is 5.32 Å². The summed E-state index contributed by atoms with van der Waals surface area (Å²) in [5, 5.41) is 13.3. The monoisotopic (exact) mass is 235 g/mol. The van der Waals surface area contributed by atoms with E-state index in [1.54, 1.807) is 0 Å². The number of aromatic hydroxyl groups is 1. The normalized spacial score (nSPS) is 15.2. The van der Waals surface area contributed by atoms with Crippen LogP contribution >= 0.6 is 0 Å². The molecule has 0 aliphatic carbocycles. The minimum atomic E-state index is 0.0448. The smallest absolute Gasteiger partial charge is 0.123 e. The molecule has 1 aromatic rings. The van der Waals surface area contributed by atoms with Crippen LogP contribution in [0.2, 0.25) is 0 Å². The maximum Gasteiger partial charge on any atom is 0.123 e. The Labute approximate surface area is 103 Å². The van der Waals surface area contributed by atoms with Crippen molar-refractivity contribution >= 4 is 0 Å². The average molecular weight is 235 g/mol. The molecule has 0 unspecified atom stereocenters. The molecule has 94 valence electrons. The lowest BCUT2D eigenvalue weighted by Gasteiger charge is -2.23. The molecule has 0 bridgehead atoms. The highest BCUT2D eigenvalue weighted by Crippen LogP contribution is 2.31. The number of phenolic OH excluding ortho intramolecular Hbond substituents is 1. The van der Waals surface area contributed by atoms with Gasteiger partial charge >= 0.3 is 0 Å². The molecule has 0 saturated carbocycles. The van der Waals surface area contributed by atoms with E-state index < -0.39 is 0 Å². The quantitative estimate of drug-likeness (QED) is 0.828. The largest absolute Gasteiger partial charge is 0.508 e. The summed E-state index contributed by atoms with van der Waals surface area (Å²) in [5.41, 5.74) is 2.07. The van der Waals surface area contributed by atoms with Crippen molar-refractivity contribution in [3.8, 4) is 11.5 Å². The molecule has 17 heavy (non-hydrogen) atoms. The number of hydrogen-bond acceptors (Lipinski definition) is 3. The second-order valence-electron chi connectivity index (χ2n) is 5.64. The first-order valence-electron chi connectivity index (χ1n) is 6.18. The topological polar surface area (TPSA) is 41.5 Å². The number of aryl methyl sites for hydroxylation is 1. The first-order valence-corrected chi connectivity index (χ1v) is 6.18. The van der Waals surface area contributed by atoms with Crippen molar-refractivity contribution < 1.29 is 9.84 Å². The Morgan fingerprint density at radius 3 is 2.82 bits per heavy atom. The Hall–Kier alpha value is -1.22. The van der Waals surface area contributed by atoms with Crippen LogP contribution in [-0.4, -0.2) is 17.3 Å². The van der Waals surface area contributed by atoms with Gasteiger partial charge in [0, 0.05) is 17.6 Å². The zero-order chi connectivity index (χ0) is 12.5. The molecule has 0 aromatic heterocycles. The maximum atomic E-state index is 9.97. The lowest BCUT2D eigenvalue weighted by molar-refractivity contribution is 0.286. The Kier molecular flexibility index (Phi) is 3.29. The van der Waals surface area contributed by atoms with Crippen LogP contribution in [0, 0.1) is 0 Å². The third-order valence-corrected chi connectivity index (χ3v) is 2.92. The summed E-state index contributed by atoms with van der Waals surface area (Å²) >= 11 is 0. The van der Waals surface area contributed by atoms with Gasteiger partial charge in [-0.25, -0.2) is 0 Å². The van der Waals surface area contributed by atoms with Crippen LogP contribution in [0.1, 0.15) is 38.3 Å². The molecule has 0 amide bonds. The summed E-state index contributed by atoms with van der Waals surface area (Å²) in [6.45, 7) is 7.77. The van der Waals surface area contributed by atoms with Crippen LogP contribution in [0.3, 0.4) is 0 Å². The van der Waals surface area contributed by atoms with Crippen LogP contribution < -0.4 is 10.1 Å². The Morgan fingerprint density at radius 2 is 2.12 bits per heavy atom. The number of nitrogens with one attached hydrogen (secondary N) is 1. The Bertz CT molecular complexity index is 407. The van der Waals surface area contributed by atoms with Crippen LogP contribution in [-0.2, 0) is 13.0 Å². The molecule has 1 heterocycles. The van der Waals surface area contributed by atoms with Crippen LogP contribution in [0.4, 0.5) is 0 Å². The molecule has 0 saturated heterocycles. The SMILES string of the molecule is CC(C)(C)NCc1cc2c(cc1O)CCCO2. The summed E-state index contributed by atoms with van der Waals surface area (Å²) in [5.74, 6) is 1.30. The predicted octanol–water partition coefficient (Wildman–Crippen LogP) is 2.61. The fraction of sp³-hybridized carbons (Fsp3) is 0.571. The van der Waals surface area contributed by atoms with E-state index in [4.69, 9.17) is 4.74 Å². The standard InChI is InChI=1S/C14H21NO2/c1-14(2,3)15-9-11-8-13-10(7-12(11)16)5-4-6-17-13/h7-8,15-16H,4-6,9H2,1-3H3. The van der Waals surface area contributed by atoms with Crippen LogP contribution in [0.25, 0.3) is 0 Å². The number of ether oxygens (including phenoxy) is 1. The first-order chi connectivity index (χ1) is 7.96. The third-order valence-electron chi connectivity index (χ3n) is 2.92. The minimum absolute atomic E-state index is 0.0448. The fourth-order valence-electron chi connectivity index (χ4n) is 1.93. The first kappa shape index (κ1) is 12.2. The summed E-state index contributed by atoms with van der Waals surface area (Å²) in [6.07, 6.45) is 2.03. The van der Waals surface area contributed by atoms with E-state index in [-0.39, 0.29) is 5.54 Å². The van der Waals surface area contributed by atoms with Crippen molar-refractivity contribution in [1.29, 1.82) is 0 Å². The molecule has 0 radical (unpaired) electrons. The van der Waals surface area contributed by atoms with E-state index in [2.05, 4.69) is 26.1 Å². The van der Waals surface area contributed by atoms with Gasteiger partial charge in [0.1, 0.15) is 11.5 Å². The molecule has 0 spiro atoms. The van der Waals surface area contributed by atoms with Crippen molar-refractivity contribution in [3.05, 3.63) is 23.3 Å². The minimum Gasteiger partial charge on any atom is -0.508 e.